The number of carbonyl (C=O) groups is 1. The van der Waals surface area contributed by atoms with Gasteiger partial charge in [-0.25, -0.2) is 5.43 Å². The van der Waals surface area contributed by atoms with Crippen LogP contribution in [0.4, 0.5) is 0 Å². The van der Waals surface area contributed by atoms with Gasteiger partial charge < -0.3 is 10.2 Å². The second-order valence-corrected chi connectivity index (χ2v) is 9.10. The van der Waals surface area contributed by atoms with Crippen LogP contribution in [-0.2, 0) is 4.79 Å². The van der Waals surface area contributed by atoms with Crippen LogP contribution in [0.1, 0.15) is 49.3 Å². The summed E-state index contributed by atoms with van der Waals surface area (Å²) in [6.07, 6.45) is 7.10. The number of nitrogens with one attached hydrogen (secondary N) is 1. The van der Waals surface area contributed by atoms with Gasteiger partial charge in [0, 0.05) is 23.2 Å². The maximum absolute atomic E-state index is 12.3. The molecule has 1 fully saturated rings. The third-order valence-corrected chi connectivity index (χ3v) is 6.60. The van der Waals surface area contributed by atoms with E-state index < -0.39 is 0 Å². The Morgan fingerprint density at radius 2 is 1.91 bits per heavy atom. The van der Waals surface area contributed by atoms with Gasteiger partial charge in [0.05, 0.1) is 12.0 Å². The lowest BCUT2D eigenvalue weighted by Gasteiger charge is -2.25. The molecule has 0 bridgehead atoms. The lowest BCUT2D eigenvalue weighted by Crippen LogP contribution is -2.20. The molecule has 3 aromatic rings. The quantitative estimate of drug-likeness (QED) is 0.271. The zero-order chi connectivity index (χ0) is 23.2. The van der Waals surface area contributed by atoms with Gasteiger partial charge >= 0.3 is 0 Å². The molecule has 1 heterocycles. The molecule has 0 aliphatic heterocycles. The van der Waals surface area contributed by atoms with Crippen molar-refractivity contribution in [3.63, 3.8) is 0 Å². The Bertz CT molecular complexity index is 1140. The standard InChI is InChI=1S/C24H27N5O3S/c1-16-7-9-17(10-8-16)23-27-28-24(29(23)19-5-3-2-4-6-19)33-15-22(32)26-25-14-18-11-12-20(30)13-21(18)31/h7-14,19,30-31H,2-6,15H2,1H3,(H,26,32)/b25-14+. The summed E-state index contributed by atoms with van der Waals surface area (Å²) in [5.41, 5.74) is 5.07. The highest BCUT2D eigenvalue weighted by molar-refractivity contribution is 7.99. The Labute approximate surface area is 196 Å². The number of hydrogen-bond acceptors (Lipinski definition) is 7. The van der Waals surface area contributed by atoms with Crippen LogP contribution < -0.4 is 5.43 Å². The second-order valence-electron chi connectivity index (χ2n) is 8.16. The molecule has 9 heteroatoms. The van der Waals surface area contributed by atoms with Gasteiger partial charge in [0.15, 0.2) is 11.0 Å². The normalized spacial score (nSPS) is 14.6. The molecule has 2 aromatic carbocycles. The number of nitrogens with zero attached hydrogens (tertiary/aromatic N) is 4. The molecule has 1 saturated carbocycles. The molecule has 172 valence electrons. The molecule has 33 heavy (non-hydrogen) atoms. The van der Waals surface area contributed by atoms with Crippen LogP contribution in [0, 0.1) is 6.92 Å². The van der Waals surface area contributed by atoms with Crippen LogP contribution in [0.25, 0.3) is 11.4 Å². The third kappa shape index (κ3) is 5.73. The van der Waals surface area contributed by atoms with Crippen molar-refractivity contribution in [2.45, 2.75) is 50.2 Å². The van der Waals surface area contributed by atoms with Crippen molar-refractivity contribution in [1.29, 1.82) is 0 Å². The van der Waals surface area contributed by atoms with E-state index in [9.17, 15) is 15.0 Å². The molecule has 4 rings (SSSR count). The lowest BCUT2D eigenvalue weighted by atomic mass is 9.95. The van der Waals surface area contributed by atoms with E-state index in [-0.39, 0.29) is 23.2 Å². The monoisotopic (exact) mass is 465 g/mol. The van der Waals surface area contributed by atoms with E-state index in [0.717, 1.165) is 29.4 Å². The number of phenolic OH excluding ortho intramolecular Hbond substituents is 2. The number of rotatable bonds is 7. The highest BCUT2D eigenvalue weighted by Crippen LogP contribution is 2.35. The number of aromatic nitrogens is 3. The summed E-state index contributed by atoms with van der Waals surface area (Å²) < 4.78 is 2.19. The molecule has 1 amide bonds. The van der Waals surface area contributed by atoms with Gasteiger partial charge in [0.25, 0.3) is 5.91 Å². The Kier molecular flexibility index (Phi) is 7.29. The number of amides is 1. The van der Waals surface area contributed by atoms with Crippen molar-refractivity contribution in [3.05, 3.63) is 53.6 Å². The molecule has 1 aliphatic rings. The average Bonchev–Trinajstić information content (AvgIpc) is 3.24. The zero-order valence-corrected chi connectivity index (χ0v) is 19.3. The van der Waals surface area contributed by atoms with Gasteiger partial charge in [0.1, 0.15) is 11.5 Å². The number of thioether (sulfide) groups is 1. The fourth-order valence-corrected chi connectivity index (χ4v) is 4.72. The van der Waals surface area contributed by atoms with Crippen LogP contribution >= 0.6 is 11.8 Å². The van der Waals surface area contributed by atoms with Gasteiger partial charge in [-0.2, -0.15) is 5.10 Å². The third-order valence-electron chi connectivity index (χ3n) is 5.65. The van der Waals surface area contributed by atoms with Gasteiger partial charge in [-0.1, -0.05) is 60.9 Å². The predicted molar refractivity (Wildman–Crippen MR) is 129 cm³/mol. The maximum atomic E-state index is 12.3. The predicted octanol–water partition coefficient (Wildman–Crippen LogP) is 4.41. The molecule has 0 saturated heterocycles. The van der Waals surface area contributed by atoms with Crippen molar-refractivity contribution in [3.8, 4) is 22.9 Å². The number of aryl methyl sites for hydroxylation is 1. The summed E-state index contributed by atoms with van der Waals surface area (Å²) in [6, 6.07) is 12.7. The molecule has 0 spiro atoms. The van der Waals surface area contributed by atoms with Gasteiger partial charge in [-0.3, -0.25) is 9.36 Å². The minimum Gasteiger partial charge on any atom is -0.508 e. The molecule has 8 nitrogen and oxygen atoms in total. The zero-order valence-electron chi connectivity index (χ0n) is 18.4. The first kappa shape index (κ1) is 22.8. The number of phenols is 2. The summed E-state index contributed by atoms with van der Waals surface area (Å²) >= 11 is 1.34. The molecule has 0 radical (unpaired) electrons. The van der Waals surface area contributed by atoms with Crippen molar-refractivity contribution in [2.75, 3.05) is 5.75 Å². The Balaban J connectivity index is 1.45. The first-order valence-electron chi connectivity index (χ1n) is 11.0. The average molecular weight is 466 g/mol. The van der Waals surface area contributed by atoms with E-state index in [1.54, 1.807) is 0 Å². The summed E-state index contributed by atoms with van der Waals surface area (Å²) in [7, 11) is 0. The maximum Gasteiger partial charge on any atom is 0.250 e. The van der Waals surface area contributed by atoms with E-state index in [4.69, 9.17) is 0 Å². The van der Waals surface area contributed by atoms with Crippen LogP contribution in [-0.4, -0.2) is 42.9 Å². The number of carbonyl (C=O) groups excluding carboxylic acids is 1. The van der Waals surface area contributed by atoms with E-state index in [1.807, 2.05) is 0 Å². The lowest BCUT2D eigenvalue weighted by molar-refractivity contribution is -0.118. The van der Waals surface area contributed by atoms with Crippen molar-refractivity contribution < 1.29 is 15.0 Å². The van der Waals surface area contributed by atoms with Crippen LogP contribution in [0.5, 0.6) is 11.5 Å². The number of aromatic hydroxyl groups is 2. The van der Waals surface area contributed by atoms with E-state index in [1.165, 1.54) is 61.0 Å². The highest BCUT2D eigenvalue weighted by atomic mass is 32.2. The highest BCUT2D eigenvalue weighted by Gasteiger charge is 2.24. The molecule has 0 atom stereocenters. The van der Waals surface area contributed by atoms with Crippen molar-refractivity contribution in [1.82, 2.24) is 20.2 Å². The molecule has 1 aromatic heterocycles. The fraction of sp³-hybridized carbons (Fsp3) is 0.333. The fourth-order valence-electron chi connectivity index (χ4n) is 3.92. The Hall–Kier alpha value is -3.33. The molecule has 3 N–H and O–H groups in total. The first-order valence-corrected chi connectivity index (χ1v) is 12.0. The summed E-state index contributed by atoms with van der Waals surface area (Å²) in [4.78, 5) is 12.3. The number of hydrazone groups is 1. The molecule has 0 unspecified atom stereocenters. The number of benzene rings is 2. The molecular weight excluding hydrogens is 438 g/mol. The van der Waals surface area contributed by atoms with Crippen molar-refractivity contribution in [2.24, 2.45) is 5.10 Å². The minimum absolute atomic E-state index is 0.0443. The van der Waals surface area contributed by atoms with Crippen LogP contribution in [0.2, 0.25) is 0 Å². The second kappa shape index (κ2) is 10.5. The van der Waals surface area contributed by atoms with Gasteiger partial charge in [0.2, 0.25) is 0 Å². The topological polar surface area (TPSA) is 113 Å². The SMILES string of the molecule is Cc1ccc(-c2nnc(SCC(=O)N/N=C/c3ccc(O)cc3O)n2C2CCCCC2)cc1. The van der Waals surface area contributed by atoms with E-state index in [0.29, 0.717) is 11.6 Å². The molecule has 1 aliphatic carbocycles. The van der Waals surface area contributed by atoms with Crippen LogP contribution in [0.15, 0.2) is 52.7 Å². The number of hydrogen-bond donors (Lipinski definition) is 3. The van der Waals surface area contributed by atoms with E-state index in [2.05, 4.69) is 56.5 Å². The van der Waals surface area contributed by atoms with Gasteiger partial charge in [-0.05, 0) is 31.9 Å². The van der Waals surface area contributed by atoms with Gasteiger partial charge in [-0.15, -0.1) is 10.2 Å². The molecular formula is C24H27N5O3S. The summed E-state index contributed by atoms with van der Waals surface area (Å²) in [5, 5.41) is 32.6. The Morgan fingerprint density at radius 1 is 1.15 bits per heavy atom. The van der Waals surface area contributed by atoms with Crippen LogP contribution in [0.3, 0.4) is 0 Å². The van der Waals surface area contributed by atoms with Crippen molar-refractivity contribution >= 4 is 23.9 Å². The largest absolute Gasteiger partial charge is 0.508 e. The smallest absolute Gasteiger partial charge is 0.250 e. The first-order chi connectivity index (χ1) is 16.0. The van der Waals surface area contributed by atoms with E-state index >= 15 is 0 Å². The summed E-state index contributed by atoms with van der Waals surface area (Å²) in [5.74, 6) is 0.525. The minimum atomic E-state index is -0.287. The summed E-state index contributed by atoms with van der Waals surface area (Å²) in [6.45, 7) is 2.06. The Morgan fingerprint density at radius 3 is 2.64 bits per heavy atom.